The number of piperidine rings is 1. The largest absolute Gasteiger partial charge is 0.494 e. The van der Waals surface area contributed by atoms with Gasteiger partial charge in [0.1, 0.15) is 10.8 Å². The molecule has 0 saturated carbocycles. The second-order valence-electron chi connectivity index (χ2n) is 8.71. The van der Waals surface area contributed by atoms with E-state index in [2.05, 4.69) is 50.6 Å². The minimum absolute atomic E-state index is 0.328. The van der Waals surface area contributed by atoms with Crippen LogP contribution in [0.15, 0.2) is 48.7 Å². The molecule has 1 saturated heterocycles. The van der Waals surface area contributed by atoms with E-state index in [4.69, 9.17) is 16.3 Å². The first kappa shape index (κ1) is 25.1. The lowest BCUT2D eigenvalue weighted by atomic mass is 9.80. The number of benzene rings is 2. The Kier molecular flexibility index (Phi) is 7.97. The monoisotopic (exact) mass is 496 g/mol. The molecule has 1 aliphatic rings. The second kappa shape index (κ2) is 11.1. The van der Waals surface area contributed by atoms with Crippen LogP contribution in [0.5, 0.6) is 5.75 Å². The Morgan fingerprint density at radius 2 is 1.89 bits per heavy atom. The topological polar surface area (TPSA) is 106 Å². The Balaban J connectivity index is 1.49. The third-order valence-corrected chi connectivity index (χ3v) is 6.46. The number of halogens is 1. The van der Waals surface area contributed by atoms with Crippen molar-refractivity contribution in [1.29, 1.82) is 0 Å². The molecule has 0 bridgehead atoms. The summed E-state index contributed by atoms with van der Waals surface area (Å²) in [5.74, 6) is 1.41. The minimum Gasteiger partial charge on any atom is -0.494 e. The third kappa shape index (κ3) is 6.15. The maximum atomic E-state index is 9.41. The average Bonchev–Trinajstić information content (AvgIpc) is 2.86. The van der Waals surface area contributed by atoms with Crippen molar-refractivity contribution in [3.63, 3.8) is 0 Å². The van der Waals surface area contributed by atoms with Crippen LogP contribution in [0.4, 0.5) is 28.8 Å². The zero-order chi connectivity index (χ0) is 24.9. The SMILES string of the molecule is COc1cc(N2CCC(N(C)C)CC2)ccc1Nc1ncc(Cl)c(Nc2cccc(B(O)O)c2)n1. The van der Waals surface area contributed by atoms with E-state index < -0.39 is 7.12 Å². The summed E-state index contributed by atoms with van der Waals surface area (Å²) in [4.78, 5) is 13.5. The molecule has 3 aromatic rings. The van der Waals surface area contributed by atoms with Gasteiger partial charge in [0.2, 0.25) is 5.95 Å². The number of nitrogens with one attached hydrogen (secondary N) is 2. The number of ether oxygens (including phenoxy) is 1. The molecule has 0 atom stereocenters. The molecule has 0 amide bonds. The molecule has 1 fully saturated rings. The lowest BCUT2D eigenvalue weighted by Gasteiger charge is -2.36. The lowest BCUT2D eigenvalue weighted by molar-refractivity contribution is 0.249. The number of aromatic nitrogens is 2. The molecule has 4 rings (SSSR count). The molecule has 1 aromatic heterocycles. The zero-order valence-corrected chi connectivity index (χ0v) is 20.8. The van der Waals surface area contributed by atoms with Gasteiger partial charge in [-0.2, -0.15) is 4.98 Å². The van der Waals surface area contributed by atoms with Crippen LogP contribution >= 0.6 is 11.6 Å². The number of nitrogens with zero attached hydrogens (tertiary/aromatic N) is 4. The Labute approximate surface area is 210 Å². The smallest absolute Gasteiger partial charge is 0.488 e. The summed E-state index contributed by atoms with van der Waals surface area (Å²) in [5.41, 5.74) is 2.82. The summed E-state index contributed by atoms with van der Waals surface area (Å²) in [6, 6.07) is 13.4. The van der Waals surface area contributed by atoms with Gasteiger partial charge in [0.15, 0.2) is 5.82 Å². The van der Waals surface area contributed by atoms with E-state index in [0.29, 0.717) is 39.7 Å². The standard InChI is InChI=1S/C24H30BClN6O3/c1-31(2)18-9-11-32(12-10-18)19-7-8-21(22(14-19)35-3)29-24-27-15-20(26)23(30-24)28-17-6-4-5-16(13-17)25(33)34/h4-8,13-15,18,33-34H,9-12H2,1-3H3,(H2,27,28,29,30). The minimum atomic E-state index is -1.57. The van der Waals surface area contributed by atoms with Crippen LogP contribution in [-0.4, -0.2) is 72.4 Å². The van der Waals surface area contributed by atoms with Crippen molar-refractivity contribution < 1.29 is 14.8 Å². The van der Waals surface area contributed by atoms with Gasteiger partial charge in [-0.05, 0) is 56.7 Å². The lowest BCUT2D eigenvalue weighted by Crippen LogP contribution is -2.41. The molecule has 184 valence electrons. The fourth-order valence-corrected chi connectivity index (χ4v) is 4.31. The fourth-order valence-electron chi connectivity index (χ4n) is 4.17. The summed E-state index contributed by atoms with van der Waals surface area (Å²) >= 11 is 6.30. The van der Waals surface area contributed by atoms with Crippen LogP contribution in [0.3, 0.4) is 0 Å². The normalized spacial score (nSPS) is 14.2. The number of methoxy groups -OCH3 is 1. The van der Waals surface area contributed by atoms with Gasteiger partial charge in [-0.1, -0.05) is 23.7 Å². The van der Waals surface area contributed by atoms with Crippen LogP contribution in [0.1, 0.15) is 12.8 Å². The third-order valence-electron chi connectivity index (χ3n) is 6.18. The molecule has 1 aliphatic heterocycles. The Morgan fingerprint density at radius 3 is 2.57 bits per heavy atom. The van der Waals surface area contributed by atoms with E-state index in [9.17, 15) is 10.0 Å². The maximum absolute atomic E-state index is 9.41. The van der Waals surface area contributed by atoms with Gasteiger partial charge in [-0.3, -0.25) is 0 Å². The molecule has 2 aromatic carbocycles. The molecule has 0 unspecified atom stereocenters. The first-order chi connectivity index (χ1) is 16.8. The zero-order valence-electron chi connectivity index (χ0n) is 20.1. The first-order valence-corrected chi connectivity index (χ1v) is 11.8. The van der Waals surface area contributed by atoms with Crippen molar-refractivity contribution >= 4 is 53.0 Å². The molecule has 4 N–H and O–H groups in total. The molecule has 9 nitrogen and oxygen atoms in total. The molecule has 0 spiro atoms. The van der Waals surface area contributed by atoms with E-state index in [1.807, 2.05) is 12.1 Å². The molecular weight excluding hydrogens is 467 g/mol. The highest BCUT2D eigenvalue weighted by Gasteiger charge is 2.21. The van der Waals surface area contributed by atoms with Crippen LogP contribution < -0.4 is 25.7 Å². The second-order valence-corrected chi connectivity index (χ2v) is 9.11. The van der Waals surface area contributed by atoms with Gasteiger partial charge in [0.05, 0.1) is 19.0 Å². The van der Waals surface area contributed by atoms with Gasteiger partial charge >= 0.3 is 7.12 Å². The Morgan fingerprint density at radius 1 is 1.11 bits per heavy atom. The van der Waals surface area contributed by atoms with E-state index in [-0.39, 0.29) is 0 Å². The Bertz CT molecular complexity index is 1160. The predicted molar refractivity (Wildman–Crippen MR) is 142 cm³/mol. The average molecular weight is 497 g/mol. The van der Waals surface area contributed by atoms with Crippen molar-refractivity contribution in [2.75, 3.05) is 49.8 Å². The highest BCUT2D eigenvalue weighted by Crippen LogP contribution is 2.33. The maximum Gasteiger partial charge on any atom is 0.488 e. The van der Waals surface area contributed by atoms with Crippen LogP contribution in [0.25, 0.3) is 0 Å². The van der Waals surface area contributed by atoms with Crippen molar-refractivity contribution in [3.8, 4) is 5.75 Å². The van der Waals surface area contributed by atoms with Crippen molar-refractivity contribution in [3.05, 3.63) is 53.7 Å². The Hall–Kier alpha value is -3.05. The number of anilines is 5. The molecule has 0 aliphatic carbocycles. The van der Waals surface area contributed by atoms with Gasteiger partial charge in [-0.15, -0.1) is 0 Å². The van der Waals surface area contributed by atoms with Crippen LogP contribution in [-0.2, 0) is 0 Å². The molecular formula is C24H30BClN6O3. The highest BCUT2D eigenvalue weighted by atomic mass is 35.5. The molecule has 35 heavy (non-hydrogen) atoms. The number of hydrogen-bond donors (Lipinski definition) is 4. The van der Waals surface area contributed by atoms with Gasteiger partial charge in [-0.25, -0.2) is 4.98 Å². The van der Waals surface area contributed by atoms with Crippen molar-refractivity contribution in [1.82, 2.24) is 14.9 Å². The van der Waals surface area contributed by atoms with Crippen molar-refractivity contribution in [2.45, 2.75) is 18.9 Å². The van der Waals surface area contributed by atoms with E-state index in [0.717, 1.165) is 37.3 Å². The van der Waals surface area contributed by atoms with E-state index in [1.165, 1.54) is 6.20 Å². The van der Waals surface area contributed by atoms with Crippen LogP contribution in [0.2, 0.25) is 5.02 Å². The van der Waals surface area contributed by atoms with E-state index >= 15 is 0 Å². The van der Waals surface area contributed by atoms with E-state index in [1.54, 1.807) is 31.4 Å². The molecule has 2 heterocycles. The quantitative estimate of drug-likeness (QED) is 0.350. The summed E-state index contributed by atoms with van der Waals surface area (Å²) in [7, 11) is 4.35. The first-order valence-electron chi connectivity index (χ1n) is 11.5. The van der Waals surface area contributed by atoms with Gasteiger partial charge in [0, 0.05) is 36.6 Å². The molecule has 0 radical (unpaired) electrons. The van der Waals surface area contributed by atoms with Gasteiger partial charge in [0.25, 0.3) is 0 Å². The summed E-state index contributed by atoms with van der Waals surface area (Å²) in [5, 5.41) is 25.5. The molecule has 11 heteroatoms. The fraction of sp³-hybridized carbons (Fsp3) is 0.333. The predicted octanol–water partition coefficient (Wildman–Crippen LogP) is 2.84. The highest BCUT2D eigenvalue weighted by molar-refractivity contribution is 6.58. The van der Waals surface area contributed by atoms with Crippen molar-refractivity contribution in [2.24, 2.45) is 0 Å². The van der Waals surface area contributed by atoms with Gasteiger partial charge < -0.3 is 35.2 Å². The number of rotatable bonds is 8. The summed E-state index contributed by atoms with van der Waals surface area (Å²) in [6.07, 6.45) is 3.76. The number of hydrogen-bond acceptors (Lipinski definition) is 9. The summed E-state index contributed by atoms with van der Waals surface area (Å²) in [6.45, 7) is 2.01. The summed E-state index contributed by atoms with van der Waals surface area (Å²) < 4.78 is 5.65. The van der Waals surface area contributed by atoms with Crippen LogP contribution in [0, 0.1) is 0 Å².